The van der Waals surface area contributed by atoms with E-state index in [2.05, 4.69) is 73.1 Å². The molecule has 0 atom stereocenters. The number of aromatic amines is 1. The van der Waals surface area contributed by atoms with Crippen LogP contribution in [0, 0.1) is 6.92 Å². The van der Waals surface area contributed by atoms with Gasteiger partial charge in [-0.25, -0.2) is 4.98 Å². The van der Waals surface area contributed by atoms with Crippen molar-refractivity contribution in [2.75, 3.05) is 17.2 Å². The van der Waals surface area contributed by atoms with E-state index in [1.807, 2.05) is 12.1 Å². The molecule has 10 heteroatoms. The first-order valence-electron chi connectivity index (χ1n) is 11.3. The molecule has 0 amide bonds. The fraction of sp³-hybridized carbons (Fsp3) is 0.240. The average molecular weight is 504 g/mol. The summed E-state index contributed by atoms with van der Waals surface area (Å²) in [5, 5.41) is 0.529. The third-order valence-electron chi connectivity index (χ3n) is 5.56. The van der Waals surface area contributed by atoms with Gasteiger partial charge < -0.3 is 15.6 Å². The number of fused-ring (bicyclic) bond motifs is 1. The molecular weight excluding hydrogens is 478 g/mol. The summed E-state index contributed by atoms with van der Waals surface area (Å²) < 4.78 is 0. The van der Waals surface area contributed by atoms with Crippen LogP contribution in [0.2, 0.25) is 0 Å². The summed E-state index contributed by atoms with van der Waals surface area (Å²) in [7, 11) is 0. The van der Waals surface area contributed by atoms with Crippen molar-refractivity contribution in [3.05, 3.63) is 87.6 Å². The van der Waals surface area contributed by atoms with Crippen LogP contribution in [0.5, 0.6) is 0 Å². The van der Waals surface area contributed by atoms with E-state index in [4.69, 9.17) is 5.73 Å². The normalized spacial score (nSPS) is 13.0. The maximum atomic E-state index is 12.2. The Morgan fingerprint density at radius 3 is 2.69 bits per heavy atom. The number of nitrogens with two attached hydrogens (primary N) is 1. The Labute approximate surface area is 211 Å². The van der Waals surface area contributed by atoms with Gasteiger partial charge in [-0.3, -0.25) is 4.79 Å². The number of thioether (sulfide) groups is 2. The third kappa shape index (κ3) is 5.83. The molecule has 1 aliphatic rings. The van der Waals surface area contributed by atoms with E-state index in [0.29, 0.717) is 28.4 Å². The first-order chi connectivity index (χ1) is 17.0. The smallest absolute Gasteiger partial charge is 0.251 e. The van der Waals surface area contributed by atoms with Crippen molar-refractivity contribution >= 4 is 41.1 Å². The number of nitrogens with zero attached hydrogens (tertiary/aromatic N) is 5. The lowest BCUT2D eigenvalue weighted by atomic mass is 10.0. The molecule has 0 aliphatic carbocycles. The zero-order valence-corrected chi connectivity index (χ0v) is 20.9. The number of anilines is 3. The maximum Gasteiger partial charge on any atom is 0.251 e. The zero-order chi connectivity index (χ0) is 24.2. The van der Waals surface area contributed by atoms with Crippen LogP contribution in [-0.2, 0) is 17.9 Å². The van der Waals surface area contributed by atoms with Gasteiger partial charge in [0.25, 0.3) is 5.56 Å². The molecule has 0 saturated carbocycles. The number of hydrogen-bond acceptors (Lipinski definition) is 9. The molecule has 0 saturated heterocycles. The fourth-order valence-corrected chi connectivity index (χ4v) is 5.44. The number of nitrogens with one attached hydrogen (secondary N) is 1. The monoisotopic (exact) mass is 503 g/mol. The van der Waals surface area contributed by atoms with E-state index in [1.54, 1.807) is 11.8 Å². The Kier molecular flexibility index (Phi) is 7.01. The fourth-order valence-electron chi connectivity index (χ4n) is 3.90. The standard InChI is InChI=1S/C25H25N7OS2/c1-16-8-10-19(11-9-16)34-14-18-13-22(33)30-25(27-18)35-15-21-28-23(26)31-24(29-21)32-12-4-6-17-5-2-3-7-20(17)32/h2-3,5,7-11,13H,4,6,12,14-15H2,1H3,(H,27,30,33)(H2,26,28,29,31). The molecule has 0 spiro atoms. The topological polar surface area (TPSA) is 114 Å². The van der Waals surface area contributed by atoms with E-state index < -0.39 is 0 Å². The van der Waals surface area contributed by atoms with Gasteiger partial charge in [0, 0.05) is 28.9 Å². The highest BCUT2D eigenvalue weighted by molar-refractivity contribution is 7.98. The van der Waals surface area contributed by atoms with Crippen LogP contribution >= 0.6 is 23.5 Å². The second-order valence-electron chi connectivity index (χ2n) is 8.23. The average Bonchev–Trinajstić information content (AvgIpc) is 2.86. The van der Waals surface area contributed by atoms with Gasteiger partial charge in [0.05, 0.1) is 11.4 Å². The minimum atomic E-state index is -0.178. The Morgan fingerprint density at radius 2 is 1.83 bits per heavy atom. The van der Waals surface area contributed by atoms with E-state index in [9.17, 15) is 4.79 Å². The lowest BCUT2D eigenvalue weighted by molar-refractivity contribution is 0.745. The summed E-state index contributed by atoms with van der Waals surface area (Å²) in [5.74, 6) is 2.29. The summed E-state index contributed by atoms with van der Waals surface area (Å²) in [6, 6.07) is 18.1. The maximum absolute atomic E-state index is 12.2. The molecule has 35 heavy (non-hydrogen) atoms. The van der Waals surface area contributed by atoms with Gasteiger partial charge in [-0.2, -0.15) is 15.0 Å². The highest BCUT2D eigenvalue weighted by Gasteiger charge is 2.21. The van der Waals surface area contributed by atoms with E-state index in [0.717, 1.165) is 35.7 Å². The lowest BCUT2D eigenvalue weighted by Crippen LogP contribution is -2.27. The highest BCUT2D eigenvalue weighted by atomic mass is 32.2. The second kappa shape index (κ2) is 10.5. The molecule has 2 aromatic carbocycles. The van der Waals surface area contributed by atoms with Crippen LogP contribution in [0.25, 0.3) is 0 Å². The molecule has 8 nitrogen and oxygen atoms in total. The van der Waals surface area contributed by atoms with E-state index >= 15 is 0 Å². The van der Waals surface area contributed by atoms with Crippen LogP contribution in [0.15, 0.2) is 69.4 Å². The summed E-state index contributed by atoms with van der Waals surface area (Å²) in [6.07, 6.45) is 2.05. The summed E-state index contributed by atoms with van der Waals surface area (Å²) in [6.45, 7) is 2.88. The third-order valence-corrected chi connectivity index (χ3v) is 7.47. The molecule has 0 radical (unpaired) electrons. The van der Waals surface area contributed by atoms with Gasteiger partial charge in [0.2, 0.25) is 11.9 Å². The predicted octanol–water partition coefficient (Wildman–Crippen LogP) is 4.51. The van der Waals surface area contributed by atoms with Crippen molar-refractivity contribution in [3.63, 3.8) is 0 Å². The summed E-state index contributed by atoms with van der Waals surface area (Å²) >= 11 is 3.02. The van der Waals surface area contributed by atoms with Crippen molar-refractivity contribution in [1.82, 2.24) is 24.9 Å². The van der Waals surface area contributed by atoms with Crippen molar-refractivity contribution in [1.29, 1.82) is 0 Å². The number of aryl methyl sites for hydroxylation is 2. The molecule has 1 aliphatic heterocycles. The Morgan fingerprint density at radius 1 is 1.00 bits per heavy atom. The van der Waals surface area contributed by atoms with Crippen LogP contribution in [-0.4, -0.2) is 31.5 Å². The van der Waals surface area contributed by atoms with Crippen LogP contribution in [0.4, 0.5) is 17.6 Å². The highest BCUT2D eigenvalue weighted by Crippen LogP contribution is 2.32. The molecule has 0 unspecified atom stereocenters. The van der Waals surface area contributed by atoms with Gasteiger partial charge in [0.15, 0.2) is 5.16 Å². The molecule has 3 heterocycles. The van der Waals surface area contributed by atoms with Crippen molar-refractivity contribution in [2.24, 2.45) is 0 Å². The Bertz CT molecular complexity index is 1390. The quantitative estimate of drug-likeness (QED) is 0.278. The minimum absolute atomic E-state index is 0.178. The number of aromatic nitrogens is 5. The largest absolute Gasteiger partial charge is 0.368 e. The minimum Gasteiger partial charge on any atom is -0.368 e. The van der Waals surface area contributed by atoms with Crippen molar-refractivity contribution in [3.8, 4) is 0 Å². The molecular formula is C25H25N7OS2. The molecule has 5 rings (SSSR count). The number of rotatable bonds is 7. The first-order valence-corrected chi connectivity index (χ1v) is 13.3. The molecule has 3 N–H and O–H groups in total. The lowest BCUT2D eigenvalue weighted by Gasteiger charge is -2.29. The van der Waals surface area contributed by atoms with Crippen LogP contribution < -0.4 is 16.2 Å². The second-order valence-corrected chi connectivity index (χ2v) is 10.2. The molecule has 2 aromatic heterocycles. The summed E-state index contributed by atoms with van der Waals surface area (Å²) in [5.41, 5.74) is 10.2. The molecule has 0 fully saturated rings. The SMILES string of the molecule is Cc1ccc(SCc2cc(=O)[nH]c(SCc3nc(N)nc(N4CCCc5ccccc54)n3)n2)cc1. The van der Waals surface area contributed by atoms with Gasteiger partial charge in [-0.1, -0.05) is 47.7 Å². The van der Waals surface area contributed by atoms with E-state index in [1.165, 1.54) is 29.0 Å². The van der Waals surface area contributed by atoms with Crippen LogP contribution in [0.3, 0.4) is 0 Å². The first kappa shape index (κ1) is 23.4. The van der Waals surface area contributed by atoms with Gasteiger partial charge in [-0.15, -0.1) is 11.8 Å². The molecule has 178 valence electrons. The number of nitrogen functional groups attached to an aromatic ring is 1. The molecule has 0 bridgehead atoms. The van der Waals surface area contributed by atoms with Crippen LogP contribution in [0.1, 0.15) is 29.1 Å². The number of benzene rings is 2. The Hall–Kier alpha value is -3.37. The predicted molar refractivity (Wildman–Crippen MR) is 141 cm³/mol. The van der Waals surface area contributed by atoms with Gasteiger partial charge >= 0.3 is 0 Å². The zero-order valence-electron chi connectivity index (χ0n) is 19.3. The number of H-pyrrole nitrogens is 1. The number of hydrogen-bond donors (Lipinski definition) is 2. The van der Waals surface area contributed by atoms with Gasteiger partial charge in [0.1, 0.15) is 5.82 Å². The Balaban J connectivity index is 1.30. The van der Waals surface area contributed by atoms with Gasteiger partial charge in [-0.05, 0) is 43.5 Å². The van der Waals surface area contributed by atoms with Crippen molar-refractivity contribution < 1.29 is 0 Å². The van der Waals surface area contributed by atoms with E-state index in [-0.39, 0.29) is 11.5 Å². The molecule has 4 aromatic rings. The van der Waals surface area contributed by atoms with Crippen molar-refractivity contribution in [2.45, 2.75) is 41.3 Å². The summed E-state index contributed by atoms with van der Waals surface area (Å²) in [4.78, 5) is 36.3. The number of para-hydroxylation sites is 1.